The first-order valence-electron chi connectivity index (χ1n) is 46.1. The molecule has 0 aliphatic heterocycles. The Labute approximate surface area is 729 Å². The van der Waals surface area contributed by atoms with Gasteiger partial charge in [-0.2, -0.15) is 0 Å². The molecular weight excluding hydrogens is 1560 g/mol. The summed E-state index contributed by atoms with van der Waals surface area (Å²) in [4.78, 5) is 185. The first-order valence-corrected chi connectivity index (χ1v) is 46.1. The highest BCUT2D eigenvalue weighted by Gasteiger charge is 2.44. The lowest BCUT2D eigenvalue weighted by Gasteiger charge is -2.32. The molecule has 16 nitrogen and oxygen atoms in total. The molecule has 0 amide bonds. The Hall–Kier alpha value is -5.70. The Morgan fingerprint density at radius 2 is 0.579 bits per heavy atom. The lowest BCUT2D eigenvalue weighted by molar-refractivity contribution is -0.140. The van der Waals surface area contributed by atoms with Gasteiger partial charge < -0.3 is 0 Å². The molecule has 0 atom stereocenters. The van der Waals surface area contributed by atoms with Gasteiger partial charge in [0.25, 0.3) is 0 Å². The Bertz CT molecular complexity index is 3130. The van der Waals surface area contributed by atoms with Gasteiger partial charge in [-0.15, -0.1) is 0 Å². The van der Waals surface area contributed by atoms with E-state index in [1.807, 2.05) is 111 Å². The zero-order valence-corrected chi connectivity index (χ0v) is 81.8. The van der Waals surface area contributed by atoms with Crippen LogP contribution in [0.5, 0.6) is 0 Å². The summed E-state index contributed by atoms with van der Waals surface area (Å²) in [5, 5.41) is 0. The van der Waals surface area contributed by atoms with Crippen LogP contribution in [0.2, 0.25) is 0 Å². The second-order valence-electron chi connectivity index (χ2n) is 36.8. The monoisotopic (exact) mass is 1730 g/mol. The Morgan fingerprint density at radius 1 is 0.314 bits per heavy atom. The van der Waals surface area contributed by atoms with Gasteiger partial charge >= 0.3 is 0 Å². The third-order valence-corrected chi connectivity index (χ3v) is 25.2. The molecule has 121 heavy (non-hydrogen) atoms. The van der Waals surface area contributed by atoms with E-state index in [2.05, 4.69) is 0 Å². The van der Waals surface area contributed by atoms with Crippen LogP contribution in [0.3, 0.4) is 0 Å². The average Bonchev–Trinajstić information content (AvgIpc) is 0.825. The van der Waals surface area contributed by atoms with E-state index in [-0.39, 0.29) is 227 Å². The molecule has 2 saturated carbocycles. The van der Waals surface area contributed by atoms with Gasteiger partial charge in [0.05, 0.1) is 51.4 Å². The van der Waals surface area contributed by atoms with Crippen LogP contribution in [0.15, 0.2) is 0 Å². The topological polar surface area (TPSA) is 273 Å². The van der Waals surface area contributed by atoms with Crippen LogP contribution in [0.1, 0.15) is 452 Å². The summed E-state index contributed by atoms with van der Waals surface area (Å²) >= 11 is 0. The Kier molecular flexibility index (Phi) is 64.2. The molecule has 2 aliphatic carbocycles. The van der Waals surface area contributed by atoms with Crippen LogP contribution in [-0.4, -0.2) is 127 Å². The van der Waals surface area contributed by atoms with Crippen molar-refractivity contribution in [2.45, 2.75) is 486 Å². The largest absolute Gasteiger partial charge is 0.300 e. The van der Waals surface area contributed by atoms with Crippen LogP contribution < -0.4 is 0 Å². The van der Waals surface area contributed by atoms with Gasteiger partial charge in [0.15, 0.2) is 68.7 Å². The predicted octanol–water partition coefficient (Wildman–Crippen LogP) is 25.4. The number of carbonyl (C=O) groups is 16. The fraction of sp³-hybridized carbons (Fsp3) is 0.838. The number of carbonyl (C=O) groups excluding carboxylic acids is 16. The van der Waals surface area contributed by atoms with E-state index >= 15 is 0 Å². The number of alkyl halides is 6. The summed E-state index contributed by atoms with van der Waals surface area (Å²) in [6.07, 6.45) is 15.4. The predicted molar refractivity (Wildman–Crippen MR) is 477 cm³/mol. The summed E-state index contributed by atoms with van der Waals surface area (Å²) < 4.78 is 83.9. The molecule has 0 N–H and O–H groups in total. The molecule has 2 rings (SSSR count). The third kappa shape index (κ3) is 47.4. The molecular formula is C99H172F6O16. The maximum absolute atomic E-state index is 14.2. The molecule has 0 aromatic heterocycles. The summed E-state index contributed by atoms with van der Waals surface area (Å²) in [7, 11) is 0. The van der Waals surface area contributed by atoms with Crippen LogP contribution in [-0.2, 0) is 76.7 Å². The number of hydrogen-bond acceptors (Lipinski definition) is 16. The smallest absolute Gasteiger partial charge is 0.177 e. The van der Waals surface area contributed by atoms with Gasteiger partial charge in [0.1, 0.15) is 57.8 Å². The number of rotatable bonds is 48. The van der Waals surface area contributed by atoms with Crippen LogP contribution in [0.25, 0.3) is 0 Å². The summed E-state index contributed by atoms with van der Waals surface area (Å²) in [6.45, 7) is 54.9. The van der Waals surface area contributed by atoms with E-state index in [1.54, 1.807) is 96.9 Å². The van der Waals surface area contributed by atoms with Crippen molar-refractivity contribution in [3.8, 4) is 0 Å². The van der Waals surface area contributed by atoms with Gasteiger partial charge in [-0.1, -0.05) is 246 Å². The normalized spacial score (nSPS) is 13.9. The molecule has 0 unspecified atom stereocenters. The molecule has 0 heterocycles. The Morgan fingerprint density at radius 3 is 0.843 bits per heavy atom. The second-order valence-corrected chi connectivity index (χ2v) is 36.8. The summed E-state index contributed by atoms with van der Waals surface area (Å²) in [5.74, 6) is -3.82. The standard InChI is InChI=1S/C15H25FO2.C14H23FO2.C14H25FO2.C13H23FO2.C12H21FO2.C12H22O2.C11H19FO2.C8H14O2/c1-4-15(16,5-2)13(18)11-12(17)14(3)9-7-6-8-10-14;1-3-14(15,4-2)13(17)10-12(16)11-8-6-5-7-9-11;1-6-13(5,7-2)11(16)10-12(17)14(15,8-3)9-4;1-5-10(6-2)11(15)9-12(16)13(14,7-3)8-4;1-5-12(13,6-2)11(15)8-10(14)7-9(3)4;1-6-9(7-2)10(13)8-11(14)12(3,4)5;1-5-11(12,6-2)10(14)7-9(13)8(3)4;1-6(9)5-7(10)8(2,3)4/h4-11H2,1-3H3;11H,3-10H2,1-2H3;6-10H2,1-5H3;10H,5-9H2,1-4H3;9H,5-8H2,1-4H3;9H,6-8H2,1-5H3;8H,5-7H2,1-4H3;5H2,1-4H3. The Balaban J connectivity index is -0.000000314. The van der Waals surface area contributed by atoms with Crippen molar-refractivity contribution in [1.82, 2.24) is 0 Å². The molecule has 2 fully saturated rings. The molecule has 706 valence electrons. The van der Waals surface area contributed by atoms with Gasteiger partial charge in [0.2, 0.25) is 0 Å². The SMILES string of the molecule is CC(=O)CC(=O)C(C)(C)C.CCC(C)(CC)C(=O)CC(=O)C(F)(CC)CC.CCC(CC)C(=O)CC(=O)C(C)(C)C.CCC(CC)C(=O)CC(=O)C(F)(CC)CC.CCC(F)(CC)C(=O)CC(=O)C(C)C.CCC(F)(CC)C(=O)CC(=O)C1(C)CCCCC1.CCC(F)(CC)C(=O)CC(=O)C1CCCCC1.CCC(F)(CC)C(=O)CC(=O)CC(C)C. The van der Waals surface area contributed by atoms with E-state index in [0.717, 1.165) is 83.5 Å². The quantitative estimate of drug-likeness (QED) is 0.0404. The van der Waals surface area contributed by atoms with E-state index in [1.165, 1.54) is 13.3 Å². The maximum Gasteiger partial charge on any atom is 0.177 e. The van der Waals surface area contributed by atoms with Crippen molar-refractivity contribution in [1.29, 1.82) is 0 Å². The van der Waals surface area contributed by atoms with Crippen LogP contribution in [0, 0.1) is 51.2 Å². The lowest BCUT2D eigenvalue weighted by atomic mass is 9.71. The minimum absolute atomic E-state index is 0.00524. The van der Waals surface area contributed by atoms with E-state index in [4.69, 9.17) is 0 Å². The number of Topliss-reactive ketones (excluding diaryl/α,β-unsaturated/α-hetero) is 16. The highest BCUT2D eigenvalue weighted by Crippen LogP contribution is 2.39. The van der Waals surface area contributed by atoms with Crippen molar-refractivity contribution < 1.29 is 103 Å². The highest BCUT2D eigenvalue weighted by molar-refractivity contribution is 6.08. The number of halogens is 6. The minimum Gasteiger partial charge on any atom is -0.300 e. The molecule has 0 aromatic rings. The highest BCUT2D eigenvalue weighted by atomic mass is 19.2. The molecule has 0 saturated heterocycles. The van der Waals surface area contributed by atoms with Crippen molar-refractivity contribution in [3.05, 3.63) is 0 Å². The lowest BCUT2D eigenvalue weighted by Crippen LogP contribution is -2.38. The van der Waals surface area contributed by atoms with Crippen molar-refractivity contribution in [2.24, 2.45) is 51.2 Å². The molecule has 2 aliphatic rings. The third-order valence-electron chi connectivity index (χ3n) is 25.2. The van der Waals surface area contributed by atoms with Gasteiger partial charge in [0, 0.05) is 51.8 Å². The molecule has 0 aromatic carbocycles. The average molecular weight is 1730 g/mol. The van der Waals surface area contributed by atoms with Gasteiger partial charge in [-0.05, 0) is 154 Å². The maximum atomic E-state index is 14.2. The molecule has 22 heteroatoms. The first kappa shape index (κ1) is 126. The number of ketones is 16. The van der Waals surface area contributed by atoms with Gasteiger partial charge in [-0.3, -0.25) is 76.7 Å². The second kappa shape index (κ2) is 61.6. The van der Waals surface area contributed by atoms with Crippen LogP contribution >= 0.6 is 0 Å². The van der Waals surface area contributed by atoms with Crippen molar-refractivity contribution in [2.75, 3.05) is 0 Å². The zero-order chi connectivity index (χ0) is 96.3. The van der Waals surface area contributed by atoms with Crippen LogP contribution in [0.4, 0.5) is 26.3 Å². The van der Waals surface area contributed by atoms with E-state index in [0.29, 0.717) is 19.3 Å². The summed E-state index contributed by atoms with van der Waals surface area (Å²) in [5.41, 5.74) is -12.5. The summed E-state index contributed by atoms with van der Waals surface area (Å²) in [6, 6.07) is 0. The molecule has 0 bridgehead atoms. The number of hydrogen-bond donors (Lipinski definition) is 0. The fourth-order valence-electron chi connectivity index (χ4n) is 13.4. The first-order chi connectivity index (χ1) is 55.5. The van der Waals surface area contributed by atoms with Gasteiger partial charge in [-0.25, -0.2) is 26.3 Å². The van der Waals surface area contributed by atoms with E-state index < -0.39 is 79.5 Å². The molecule has 0 spiro atoms. The molecule has 0 radical (unpaired) electrons. The van der Waals surface area contributed by atoms with E-state index in [9.17, 15) is 103 Å². The minimum atomic E-state index is -1.82. The zero-order valence-electron chi connectivity index (χ0n) is 81.8. The van der Waals surface area contributed by atoms with Crippen molar-refractivity contribution >= 4 is 92.5 Å². The fourth-order valence-corrected chi connectivity index (χ4v) is 13.4. The van der Waals surface area contributed by atoms with Crippen molar-refractivity contribution in [3.63, 3.8) is 0 Å².